The van der Waals surface area contributed by atoms with Crippen LogP contribution in [0, 0.1) is 5.41 Å². The van der Waals surface area contributed by atoms with Crippen molar-refractivity contribution in [3.8, 4) is 0 Å². The number of nitrogens with zero attached hydrogens (tertiary/aromatic N) is 1. The lowest BCUT2D eigenvalue weighted by Crippen LogP contribution is -2.39. The number of benzene rings is 1. The minimum Gasteiger partial charge on any atom is -0.466 e. The summed E-state index contributed by atoms with van der Waals surface area (Å²) in [7, 11) is 0. The molecule has 1 fully saturated rings. The molecule has 1 aliphatic rings. The quantitative estimate of drug-likeness (QED) is 0.425. The minimum atomic E-state index is -0.495. The smallest absolute Gasteiger partial charge is 0.374 e. The molecule has 0 spiro atoms. The summed E-state index contributed by atoms with van der Waals surface area (Å²) in [5.74, 6) is -0.582. The Morgan fingerprint density at radius 2 is 2.04 bits per heavy atom. The van der Waals surface area contributed by atoms with Crippen molar-refractivity contribution in [3.05, 3.63) is 35.6 Å². The Labute approximate surface area is 163 Å². The number of likely N-dealkylation sites (tertiary alicyclic amines) is 1. The third kappa shape index (κ3) is 4.89. The van der Waals surface area contributed by atoms with Gasteiger partial charge in [-0.3, -0.25) is 10.2 Å². The van der Waals surface area contributed by atoms with Crippen molar-refractivity contribution < 1.29 is 23.5 Å². The maximum Gasteiger partial charge on any atom is 0.374 e. The Morgan fingerprint density at radius 1 is 1.29 bits per heavy atom. The van der Waals surface area contributed by atoms with Crippen LogP contribution in [0.2, 0.25) is 0 Å². The zero-order valence-electron chi connectivity index (χ0n) is 15.9. The molecule has 1 aliphatic heterocycles. The number of fused-ring (bicyclic) bond motifs is 1. The topological polar surface area (TPSA) is 119 Å². The Bertz CT molecular complexity index is 868. The molecule has 0 atom stereocenters. The number of carbonyl (C=O) groups is 2. The number of carbonyl (C=O) groups excluding carboxylic acids is 2. The van der Waals surface area contributed by atoms with E-state index in [-0.39, 0.29) is 23.7 Å². The van der Waals surface area contributed by atoms with Crippen LogP contribution in [0.5, 0.6) is 0 Å². The van der Waals surface area contributed by atoms with Crippen LogP contribution in [0.1, 0.15) is 42.3 Å². The van der Waals surface area contributed by atoms with Crippen molar-refractivity contribution in [2.75, 3.05) is 26.2 Å². The van der Waals surface area contributed by atoms with Gasteiger partial charge in [0.25, 0.3) is 0 Å². The van der Waals surface area contributed by atoms with Gasteiger partial charge in [-0.15, -0.1) is 0 Å². The first kappa shape index (κ1) is 19.9. The summed E-state index contributed by atoms with van der Waals surface area (Å²) in [5.41, 5.74) is 6.61. The van der Waals surface area contributed by atoms with Crippen LogP contribution in [-0.2, 0) is 14.3 Å². The third-order valence-corrected chi connectivity index (χ3v) is 4.77. The van der Waals surface area contributed by atoms with Crippen LogP contribution >= 0.6 is 0 Å². The molecule has 0 saturated carbocycles. The molecule has 1 aromatic heterocycles. The number of nitrogens with one attached hydrogen (secondary N) is 1. The van der Waals surface area contributed by atoms with Gasteiger partial charge in [-0.05, 0) is 44.0 Å². The van der Waals surface area contributed by atoms with Crippen LogP contribution in [0.4, 0.5) is 0 Å². The second-order valence-corrected chi connectivity index (χ2v) is 6.78. The van der Waals surface area contributed by atoms with E-state index in [0.29, 0.717) is 48.9 Å². The van der Waals surface area contributed by atoms with E-state index >= 15 is 0 Å². The summed E-state index contributed by atoms with van der Waals surface area (Å²) in [6.45, 7) is 4.37. The maximum atomic E-state index is 12.4. The highest BCUT2D eigenvalue weighted by Crippen LogP contribution is 2.23. The normalized spacial score (nSPS) is 15.5. The van der Waals surface area contributed by atoms with Gasteiger partial charge in [-0.1, -0.05) is 0 Å². The third-order valence-electron chi connectivity index (χ3n) is 4.77. The maximum absolute atomic E-state index is 12.4. The molecule has 1 saturated heterocycles. The largest absolute Gasteiger partial charge is 0.466 e. The lowest BCUT2D eigenvalue weighted by molar-refractivity contribution is -0.143. The number of hydrogen-bond acceptors (Lipinski definition) is 7. The second kappa shape index (κ2) is 8.88. The van der Waals surface area contributed by atoms with Gasteiger partial charge >= 0.3 is 11.9 Å². The number of hydrogen-bond donors (Lipinski definition) is 2. The number of piperidine rings is 1. The van der Waals surface area contributed by atoms with Crippen LogP contribution in [-0.4, -0.2) is 55.0 Å². The number of furan rings is 1. The standard InChI is InChI=1S/C20H25N3O5/c1-2-26-18(24)7-10-23-8-5-15(6-9-23)27-20(25)17-12-14-11-13(19(21)22)3-4-16(14)28-17/h3-4,11-12,15H,2,5-10H2,1H3,(H3,21,22). The van der Waals surface area contributed by atoms with Crippen LogP contribution in [0.25, 0.3) is 11.0 Å². The first-order chi connectivity index (χ1) is 13.5. The summed E-state index contributed by atoms with van der Waals surface area (Å²) in [5, 5.41) is 8.19. The van der Waals surface area contributed by atoms with Gasteiger partial charge in [0, 0.05) is 30.6 Å². The molecule has 2 aromatic rings. The van der Waals surface area contributed by atoms with Crippen molar-refractivity contribution in [1.82, 2.24) is 4.90 Å². The van der Waals surface area contributed by atoms with Gasteiger partial charge in [0.15, 0.2) is 0 Å². The van der Waals surface area contributed by atoms with E-state index in [1.807, 2.05) is 0 Å². The summed E-state index contributed by atoms with van der Waals surface area (Å²) in [4.78, 5) is 26.0. The molecule has 0 bridgehead atoms. The highest BCUT2D eigenvalue weighted by molar-refractivity contribution is 5.99. The first-order valence-electron chi connectivity index (χ1n) is 9.43. The minimum absolute atomic E-state index is 0.0399. The van der Waals surface area contributed by atoms with E-state index in [0.717, 1.165) is 13.1 Å². The summed E-state index contributed by atoms with van der Waals surface area (Å²) < 4.78 is 16.1. The molecular formula is C20H25N3O5. The lowest BCUT2D eigenvalue weighted by Gasteiger charge is -2.31. The van der Waals surface area contributed by atoms with Crippen molar-refractivity contribution in [1.29, 1.82) is 5.41 Å². The number of amidine groups is 1. The molecule has 28 heavy (non-hydrogen) atoms. The molecular weight excluding hydrogens is 362 g/mol. The second-order valence-electron chi connectivity index (χ2n) is 6.78. The molecule has 0 amide bonds. The van der Waals surface area contributed by atoms with E-state index in [9.17, 15) is 9.59 Å². The van der Waals surface area contributed by atoms with Gasteiger partial charge in [0.05, 0.1) is 13.0 Å². The van der Waals surface area contributed by atoms with E-state index in [4.69, 9.17) is 25.0 Å². The summed E-state index contributed by atoms with van der Waals surface area (Å²) in [6.07, 6.45) is 1.62. The highest BCUT2D eigenvalue weighted by atomic mass is 16.6. The molecule has 0 radical (unpaired) electrons. The van der Waals surface area contributed by atoms with E-state index in [1.165, 1.54) is 0 Å². The fourth-order valence-electron chi connectivity index (χ4n) is 3.25. The van der Waals surface area contributed by atoms with Crippen molar-refractivity contribution in [2.24, 2.45) is 5.73 Å². The number of esters is 2. The van der Waals surface area contributed by atoms with E-state index < -0.39 is 5.97 Å². The predicted octanol–water partition coefficient (Wildman–Crippen LogP) is 2.29. The Morgan fingerprint density at radius 3 is 2.71 bits per heavy atom. The molecule has 2 heterocycles. The predicted molar refractivity (Wildman–Crippen MR) is 103 cm³/mol. The number of nitrogens with two attached hydrogens (primary N) is 1. The fourth-order valence-corrected chi connectivity index (χ4v) is 3.25. The van der Waals surface area contributed by atoms with Crippen LogP contribution in [0.15, 0.2) is 28.7 Å². The van der Waals surface area contributed by atoms with Gasteiger partial charge in [-0.25, -0.2) is 4.79 Å². The average molecular weight is 387 g/mol. The molecule has 1 aromatic carbocycles. The van der Waals surface area contributed by atoms with E-state index in [1.54, 1.807) is 31.2 Å². The number of nitrogen functional groups attached to an aromatic ring is 1. The Hall–Kier alpha value is -2.87. The van der Waals surface area contributed by atoms with Crippen LogP contribution in [0.3, 0.4) is 0 Å². The van der Waals surface area contributed by atoms with Gasteiger partial charge in [0.2, 0.25) is 5.76 Å². The molecule has 8 nitrogen and oxygen atoms in total. The van der Waals surface area contributed by atoms with Gasteiger partial charge in [-0.2, -0.15) is 0 Å². The fraction of sp³-hybridized carbons (Fsp3) is 0.450. The van der Waals surface area contributed by atoms with Gasteiger partial charge < -0.3 is 24.5 Å². The first-order valence-corrected chi connectivity index (χ1v) is 9.43. The molecule has 0 aliphatic carbocycles. The number of ether oxygens (including phenoxy) is 2. The SMILES string of the molecule is CCOC(=O)CCN1CCC(OC(=O)c2cc3cc(C(=N)N)ccc3o2)CC1. The van der Waals surface area contributed by atoms with Crippen molar-refractivity contribution >= 4 is 28.7 Å². The average Bonchev–Trinajstić information content (AvgIpc) is 3.11. The van der Waals surface area contributed by atoms with Gasteiger partial charge in [0.1, 0.15) is 17.5 Å². The molecule has 3 rings (SSSR count). The van der Waals surface area contributed by atoms with Crippen LogP contribution < -0.4 is 5.73 Å². The highest BCUT2D eigenvalue weighted by Gasteiger charge is 2.24. The van der Waals surface area contributed by atoms with Crippen molar-refractivity contribution in [3.63, 3.8) is 0 Å². The monoisotopic (exact) mass is 387 g/mol. The molecule has 0 unspecified atom stereocenters. The Kier molecular flexibility index (Phi) is 6.30. The molecule has 3 N–H and O–H groups in total. The summed E-state index contributed by atoms with van der Waals surface area (Å²) >= 11 is 0. The summed E-state index contributed by atoms with van der Waals surface area (Å²) in [6, 6.07) is 6.68. The molecule has 150 valence electrons. The number of rotatable bonds is 7. The zero-order chi connectivity index (χ0) is 20.1. The lowest BCUT2D eigenvalue weighted by atomic mass is 10.1. The Balaban J connectivity index is 1.51. The zero-order valence-corrected chi connectivity index (χ0v) is 15.9. The molecule has 8 heteroatoms. The van der Waals surface area contributed by atoms with E-state index in [2.05, 4.69) is 4.90 Å². The van der Waals surface area contributed by atoms with Crippen molar-refractivity contribution in [2.45, 2.75) is 32.3 Å².